The lowest BCUT2D eigenvalue weighted by molar-refractivity contribution is 0.133. The molecule has 0 heterocycles. The number of hydrogen-bond donors (Lipinski definition) is 1. The van der Waals surface area contributed by atoms with Gasteiger partial charge < -0.3 is 10.1 Å². The van der Waals surface area contributed by atoms with Crippen molar-refractivity contribution in [3.63, 3.8) is 0 Å². The number of rotatable bonds is 10. The first-order chi connectivity index (χ1) is 6.77. The third-order valence-electron chi connectivity index (χ3n) is 1.80. The molecule has 0 saturated carbocycles. The van der Waals surface area contributed by atoms with Crippen LogP contribution in [0.25, 0.3) is 0 Å². The Balaban J connectivity index is 2.85. The van der Waals surface area contributed by atoms with E-state index in [0.29, 0.717) is 0 Å². The molecule has 1 N–H and O–H groups in total. The van der Waals surface area contributed by atoms with E-state index < -0.39 is 0 Å². The van der Waals surface area contributed by atoms with Gasteiger partial charge in [-0.25, -0.2) is 0 Å². The smallest absolute Gasteiger partial charge is 0.0590 e. The Hall–Kier alpha value is 0.270. The molecule has 2 nitrogen and oxygen atoms in total. The normalized spacial score (nSPS) is 11.1. The Morgan fingerprint density at radius 2 is 2.00 bits per heavy atom. The van der Waals surface area contributed by atoms with E-state index in [1.165, 1.54) is 18.6 Å². The largest absolute Gasteiger partial charge is 0.380 e. The molecule has 0 fully saturated rings. The zero-order valence-electron chi connectivity index (χ0n) is 9.84. The van der Waals surface area contributed by atoms with E-state index in [1.54, 1.807) is 0 Å². The van der Waals surface area contributed by atoms with Gasteiger partial charge in [-0.3, -0.25) is 0 Å². The number of nitrogens with one attached hydrogen (secondary N) is 1. The number of thioether (sulfide) groups is 1. The lowest BCUT2D eigenvalue weighted by atomic mass is 10.4. The molecule has 0 radical (unpaired) electrons. The Morgan fingerprint density at radius 1 is 1.21 bits per heavy atom. The number of ether oxygens (including phenoxy) is 1. The summed E-state index contributed by atoms with van der Waals surface area (Å²) in [5.74, 6) is 1.20. The standard InChI is InChI=1S/C11H25NOS/c1-4-5-8-13-9-6-12-7-10-14-11(2)3/h11-12H,4-10H2,1-3H3. The maximum atomic E-state index is 5.43. The molecule has 0 saturated heterocycles. The first-order valence-corrected chi connectivity index (χ1v) is 6.72. The molecule has 86 valence electrons. The second-order valence-electron chi connectivity index (χ2n) is 3.64. The van der Waals surface area contributed by atoms with Gasteiger partial charge in [0, 0.05) is 25.4 Å². The minimum atomic E-state index is 0.748. The van der Waals surface area contributed by atoms with E-state index in [9.17, 15) is 0 Å². The molecule has 0 unspecified atom stereocenters. The summed E-state index contributed by atoms with van der Waals surface area (Å²) in [5.41, 5.74) is 0. The van der Waals surface area contributed by atoms with Gasteiger partial charge in [-0.1, -0.05) is 27.2 Å². The van der Waals surface area contributed by atoms with Crippen LogP contribution in [0.4, 0.5) is 0 Å². The fourth-order valence-corrected chi connectivity index (χ4v) is 1.72. The Morgan fingerprint density at radius 3 is 2.64 bits per heavy atom. The summed E-state index contributed by atoms with van der Waals surface area (Å²) in [6, 6.07) is 0. The van der Waals surface area contributed by atoms with Crippen molar-refractivity contribution in [3.8, 4) is 0 Å². The third kappa shape index (κ3) is 12.3. The van der Waals surface area contributed by atoms with Gasteiger partial charge in [-0.2, -0.15) is 11.8 Å². The van der Waals surface area contributed by atoms with Crippen molar-refractivity contribution in [2.75, 3.05) is 32.1 Å². The van der Waals surface area contributed by atoms with Crippen molar-refractivity contribution in [2.45, 2.75) is 38.9 Å². The average molecular weight is 219 g/mol. The Bertz CT molecular complexity index is 109. The molecule has 0 rings (SSSR count). The molecule has 0 amide bonds. The van der Waals surface area contributed by atoms with Crippen LogP contribution in [0.2, 0.25) is 0 Å². The van der Waals surface area contributed by atoms with E-state index >= 15 is 0 Å². The van der Waals surface area contributed by atoms with Crippen LogP contribution in [0.1, 0.15) is 33.6 Å². The highest BCUT2D eigenvalue weighted by atomic mass is 32.2. The first kappa shape index (κ1) is 14.3. The highest BCUT2D eigenvalue weighted by Crippen LogP contribution is 2.06. The molecule has 0 aliphatic heterocycles. The average Bonchev–Trinajstić information content (AvgIpc) is 2.15. The van der Waals surface area contributed by atoms with E-state index in [1.807, 2.05) is 11.8 Å². The highest BCUT2D eigenvalue weighted by Gasteiger charge is 1.93. The molecule has 14 heavy (non-hydrogen) atoms. The van der Waals surface area contributed by atoms with Gasteiger partial charge in [-0.15, -0.1) is 0 Å². The van der Waals surface area contributed by atoms with Crippen molar-refractivity contribution in [3.05, 3.63) is 0 Å². The zero-order chi connectivity index (χ0) is 10.6. The maximum Gasteiger partial charge on any atom is 0.0590 e. The number of hydrogen-bond acceptors (Lipinski definition) is 3. The van der Waals surface area contributed by atoms with Crippen LogP contribution < -0.4 is 5.32 Å². The van der Waals surface area contributed by atoms with Gasteiger partial charge in [-0.05, 0) is 11.7 Å². The predicted octanol–water partition coefficient (Wildman–Crippen LogP) is 2.53. The van der Waals surface area contributed by atoms with Crippen LogP contribution in [-0.4, -0.2) is 37.3 Å². The fraction of sp³-hybridized carbons (Fsp3) is 1.00. The lowest BCUT2D eigenvalue weighted by Gasteiger charge is -2.07. The monoisotopic (exact) mass is 219 g/mol. The number of unbranched alkanes of at least 4 members (excludes halogenated alkanes) is 1. The minimum absolute atomic E-state index is 0.748. The van der Waals surface area contributed by atoms with Gasteiger partial charge in [0.2, 0.25) is 0 Å². The molecule has 0 aromatic heterocycles. The summed E-state index contributed by atoms with van der Waals surface area (Å²) >= 11 is 2.00. The van der Waals surface area contributed by atoms with Crippen LogP contribution in [0.15, 0.2) is 0 Å². The van der Waals surface area contributed by atoms with Gasteiger partial charge in [0.1, 0.15) is 0 Å². The van der Waals surface area contributed by atoms with Crippen molar-refractivity contribution in [2.24, 2.45) is 0 Å². The van der Waals surface area contributed by atoms with Crippen LogP contribution in [0.3, 0.4) is 0 Å². The summed E-state index contributed by atoms with van der Waals surface area (Å²) in [5, 5.41) is 4.12. The van der Waals surface area contributed by atoms with Gasteiger partial charge in [0.15, 0.2) is 0 Å². The van der Waals surface area contributed by atoms with E-state index in [2.05, 4.69) is 26.1 Å². The summed E-state index contributed by atoms with van der Waals surface area (Å²) in [6.45, 7) is 10.5. The zero-order valence-corrected chi connectivity index (χ0v) is 10.7. The molecular weight excluding hydrogens is 194 g/mol. The topological polar surface area (TPSA) is 21.3 Å². The molecular formula is C11H25NOS. The summed E-state index contributed by atoms with van der Waals surface area (Å²) in [7, 11) is 0. The highest BCUT2D eigenvalue weighted by molar-refractivity contribution is 7.99. The maximum absolute atomic E-state index is 5.43. The van der Waals surface area contributed by atoms with Crippen LogP contribution in [0.5, 0.6) is 0 Å². The molecule has 0 spiro atoms. The first-order valence-electron chi connectivity index (χ1n) is 5.67. The lowest BCUT2D eigenvalue weighted by Crippen LogP contribution is -2.22. The molecule has 0 aromatic carbocycles. The van der Waals surface area contributed by atoms with Gasteiger partial charge in [0.25, 0.3) is 0 Å². The Kier molecular flexibility index (Phi) is 11.6. The predicted molar refractivity (Wildman–Crippen MR) is 66.2 cm³/mol. The molecule has 0 bridgehead atoms. The van der Waals surface area contributed by atoms with Crippen LogP contribution >= 0.6 is 11.8 Å². The summed E-state index contributed by atoms with van der Waals surface area (Å²) < 4.78 is 5.43. The van der Waals surface area contributed by atoms with Crippen molar-refractivity contribution < 1.29 is 4.74 Å². The Labute approximate surface area is 93.2 Å². The van der Waals surface area contributed by atoms with E-state index in [0.717, 1.165) is 31.6 Å². The third-order valence-corrected chi connectivity index (χ3v) is 2.90. The molecule has 0 aliphatic carbocycles. The van der Waals surface area contributed by atoms with Gasteiger partial charge in [0.05, 0.1) is 6.61 Å². The second kappa shape index (κ2) is 11.3. The SMILES string of the molecule is CCCCOCCNCCSC(C)C. The van der Waals surface area contributed by atoms with Gasteiger partial charge >= 0.3 is 0 Å². The fourth-order valence-electron chi connectivity index (χ4n) is 0.985. The molecule has 0 aliphatic rings. The summed E-state index contributed by atoms with van der Waals surface area (Å²) in [6.07, 6.45) is 2.40. The molecule has 0 atom stereocenters. The quantitative estimate of drug-likeness (QED) is 0.571. The summed E-state index contributed by atoms with van der Waals surface area (Å²) in [4.78, 5) is 0. The minimum Gasteiger partial charge on any atom is -0.380 e. The second-order valence-corrected chi connectivity index (χ2v) is 5.32. The van der Waals surface area contributed by atoms with Crippen molar-refractivity contribution in [1.29, 1.82) is 0 Å². The van der Waals surface area contributed by atoms with Crippen LogP contribution in [0, 0.1) is 0 Å². The van der Waals surface area contributed by atoms with E-state index in [-0.39, 0.29) is 0 Å². The van der Waals surface area contributed by atoms with Crippen molar-refractivity contribution in [1.82, 2.24) is 5.32 Å². The van der Waals surface area contributed by atoms with Crippen molar-refractivity contribution >= 4 is 11.8 Å². The molecule has 0 aromatic rings. The molecule has 3 heteroatoms. The van der Waals surface area contributed by atoms with Crippen LogP contribution in [-0.2, 0) is 4.74 Å². The van der Waals surface area contributed by atoms with E-state index in [4.69, 9.17) is 4.74 Å².